The molecule has 98 valence electrons. The molecule has 0 bridgehead atoms. The number of aliphatic hydroxyl groups is 1. The highest BCUT2D eigenvalue weighted by Gasteiger charge is 2.17. The average molecular weight is 240 g/mol. The Morgan fingerprint density at radius 1 is 1.41 bits per heavy atom. The molecule has 0 aliphatic heterocycles. The van der Waals surface area contributed by atoms with Crippen LogP contribution in [0.4, 0.5) is 0 Å². The van der Waals surface area contributed by atoms with Gasteiger partial charge in [0.05, 0.1) is 11.7 Å². The largest absolute Gasteiger partial charge is 0.478 e. The van der Waals surface area contributed by atoms with E-state index in [2.05, 4.69) is 13.2 Å². The first-order valence-electron chi connectivity index (χ1n) is 5.97. The van der Waals surface area contributed by atoms with Crippen molar-refractivity contribution in [2.24, 2.45) is 0 Å². The Hall–Kier alpha value is -1.35. The Morgan fingerprint density at radius 3 is 2.29 bits per heavy atom. The number of allylic oxidation sites excluding steroid dienone is 2. The van der Waals surface area contributed by atoms with Gasteiger partial charge in [-0.05, 0) is 12.0 Å². The Bertz CT molecular complexity index is 277. The summed E-state index contributed by atoms with van der Waals surface area (Å²) in [4.78, 5) is 10.7. The van der Waals surface area contributed by atoms with Crippen molar-refractivity contribution in [2.75, 3.05) is 0 Å². The molecular weight excluding hydrogens is 216 g/mol. The minimum Gasteiger partial charge on any atom is -0.478 e. The summed E-state index contributed by atoms with van der Waals surface area (Å²) in [6.07, 6.45) is 4.53. The van der Waals surface area contributed by atoms with Gasteiger partial charge in [0.2, 0.25) is 0 Å². The van der Waals surface area contributed by atoms with Gasteiger partial charge in [-0.25, -0.2) is 4.79 Å². The van der Waals surface area contributed by atoms with Crippen LogP contribution in [0.25, 0.3) is 0 Å². The van der Waals surface area contributed by atoms with Gasteiger partial charge in [0.15, 0.2) is 0 Å². The molecular formula is C14H24O3. The maximum Gasteiger partial charge on any atom is 0.335 e. The molecule has 0 aliphatic carbocycles. The first-order chi connectivity index (χ1) is 8.04. The molecule has 17 heavy (non-hydrogen) atoms. The normalized spacial score (nSPS) is 12.1. The van der Waals surface area contributed by atoms with Crippen molar-refractivity contribution in [2.45, 2.75) is 46.1 Å². The van der Waals surface area contributed by atoms with Crippen molar-refractivity contribution in [3.05, 3.63) is 36.5 Å². The Morgan fingerprint density at radius 2 is 1.94 bits per heavy atom. The lowest BCUT2D eigenvalue weighted by Crippen LogP contribution is -2.16. The van der Waals surface area contributed by atoms with Crippen LogP contribution in [-0.4, -0.2) is 22.3 Å². The third-order valence-corrected chi connectivity index (χ3v) is 2.09. The van der Waals surface area contributed by atoms with E-state index in [4.69, 9.17) is 5.11 Å². The van der Waals surface area contributed by atoms with Crippen LogP contribution in [0.1, 0.15) is 40.0 Å². The van der Waals surface area contributed by atoms with E-state index in [0.29, 0.717) is 12.0 Å². The van der Waals surface area contributed by atoms with Crippen molar-refractivity contribution in [1.82, 2.24) is 0 Å². The first kappa shape index (κ1) is 18.0. The van der Waals surface area contributed by atoms with Crippen LogP contribution < -0.4 is 0 Å². The Kier molecular flexibility index (Phi) is 11.8. The molecule has 0 aromatic heterocycles. The number of rotatable bonds is 7. The van der Waals surface area contributed by atoms with Gasteiger partial charge in [-0.15, -0.1) is 0 Å². The lowest BCUT2D eigenvalue weighted by Gasteiger charge is -2.14. The van der Waals surface area contributed by atoms with Gasteiger partial charge in [-0.3, -0.25) is 0 Å². The fourth-order valence-corrected chi connectivity index (χ4v) is 1.22. The molecule has 3 nitrogen and oxygen atoms in total. The number of hydrogen-bond donors (Lipinski definition) is 2. The molecule has 0 rings (SSSR count). The van der Waals surface area contributed by atoms with E-state index in [9.17, 15) is 9.90 Å². The zero-order valence-corrected chi connectivity index (χ0v) is 11.1. The second-order valence-electron chi connectivity index (χ2n) is 3.30. The Labute approximate surface area is 104 Å². The van der Waals surface area contributed by atoms with E-state index < -0.39 is 12.1 Å². The van der Waals surface area contributed by atoms with Crippen LogP contribution in [0.5, 0.6) is 0 Å². The van der Waals surface area contributed by atoms with Crippen LogP contribution in [0, 0.1) is 0 Å². The van der Waals surface area contributed by atoms with Crippen molar-refractivity contribution < 1.29 is 15.0 Å². The number of aliphatic hydroxyl groups excluding tert-OH is 1. The molecule has 0 aromatic rings. The third kappa shape index (κ3) is 7.53. The fraction of sp³-hybridized carbons (Fsp3) is 0.500. The van der Waals surface area contributed by atoms with Crippen molar-refractivity contribution in [3.8, 4) is 0 Å². The number of aliphatic carboxylic acids is 1. The van der Waals surface area contributed by atoms with E-state index in [1.807, 2.05) is 20.8 Å². The molecule has 0 saturated carbocycles. The van der Waals surface area contributed by atoms with Gasteiger partial charge in [0.25, 0.3) is 0 Å². The van der Waals surface area contributed by atoms with Crippen LogP contribution in [0.3, 0.4) is 0 Å². The van der Waals surface area contributed by atoms with Crippen LogP contribution >= 0.6 is 0 Å². The van der Waals surface area contributed by atoms with Crippen LogP contribution in [0.2, 0.25) is 0 Å². The highest BCUT2D eigenvalue weighted by Crippen LogP contribution is 2.17. The van der Waals surface area contributed by atoms with Gasteiger partial charge in [0.1, 0.15) is 0 Å². The zero-order valence-electron chi connectivity index (χ0n) is 11.1. The van der Waals surface area contributed by atoms with Crippen molar-refractivity contribution in [3.63, 3.8) is 0 Å². The summed E-state index contributed by atoms with van der Waals surface area (Å²) in [6.45, 7) is 12.9. The molecule has 0 aliphatic rings. The summed E-state index contributed by atoms with van der Waals surface area (Å²) >= 11 is 0. The first-order valence-corrected chi connectivity index (χ1v) is 5.97. The van der Waals surface area contributed by atoms with Gasteiger partial charge in [0, 0.05) is 0 Å². The maximum absolute atomic E-state index is 10.7. The lowest BCUT2D eigenvalue weighted by molar-refractivity contribution is -0.132. The molecule has 0 radical (unpaired) electrons. The minimum atomic E-state index is -1.11. The molecule has 0 saturated heterocycles. The standard InChI is InChI=1S/C12H18O3.C2H6/c1-4-6-8-11(13)10(7-5-2)9(3)12(14)15;1-2/h5,7,11,13H,2-4,6,8H2,1H3,(H,14,15);1-2H3/b10-7+;. The third-order valence-electron chi connectivity index (χ3n) is 2.09. The van der Waals surface area contributed by atoms with E-state index >= 15 is 0 Å². The summed E-state index contributed by atoms with van der Waals surface area (Å²) in [6, 6.07) is 0. The van der Waals surface area contributed by atoms with Crippen molar-refractivity contribution >= 4 is 5.97 Å². The number of unbranched alkanes of at least 4 members (excludes halogenated alkanes) is 1. The van der Waals surface area contributed by atoms with Gasteiger partial charge < -0.3 is 10.2 Å². The van der Waals surface area contributed by atoms with Crippen LogP contribution in [0.15, 0.2) is 36.5 Å². The van der Waals surface area contributed by atoms with Gasteiger partial charge in [-0.2, -0.15) is 0 Å². The topological polar surface area (TPSA) is 57.5 Å². The summed E-state index contributed by atoms with van der Waals surface area (Å²) in [5, 5.41) is 18.5. The average Bonchev–Trinajstić information content (AvgIpc) is 2.34. The second-order valence-corrected chi connectivity index (χ2v) is 3.30. The smallest absolute Gasteiger partial charge is 0.335 e. The zero-order chi connectivity index (χ0) is 13.8. The van der Waals surface area contributed by atoms with Gasteiger partial charge in [-0.1, -0.05) is 58.9 Å². The summed E-state index contributed by atoms with van der Waals surface area (Å²) < 4.78 is 0. The van der Waals surface area contributed by atoms with Crippen LogP contribution in [-0.2, 0) is 4.79 Å². The number of hydrogen-bond acceptors (Lipinski definition) is 2. The Balaban J connectivity index is 0. The highest BCUT2D eigenvalue weighted by atomic mass is 16.4. The monoisotopic (exact) mass is 240 g/mol. The highest BCUT2D eigenvalue weighted by molar-refractivity contribution is 5.91. The lowest BCUT2D eigenvalue weighted by atomic mass is 9.97. The molecule has 0 fully saturated rings. The summed E-state index contributed by atoms with van der Waals surface area (Å²) in [7, 11) is 0. The molecule has 1 unspecified atom stereocenters. The van der Waals surface area contributed by atoms with E-state index in [1.165, 1.54) is 12.2 Å². The van der Waals surface area contributed by atoms with Gasteiger partial charge >= 0.3 is 5.97 Å². The van der Waals surface area contributed by atoms with E-state index in [-0.39, 0.29) is 5.57 Å². The van der Waals surface area contributed by atoms with Crippen molar-refractivity contribution in [1.29, 1.82) is 0 Å². The SMILES string of the molecule is C=C/C=C(\C(=C)C(=O)O)C(O)CCCC.CC. The maximum atomic E-state index is 10.7. The predicted molar refractivity (Wildman–Crippen MR) is 71.9 cm³/mol. The molecule has 2 N–H and O–H groups in total. The number of carbonyl (C=O) groups is 1. The molecule has 0 amide bonds. The predicted octanol–water partition coefficient (Wildman–Crippen LogP) is 3.32. The molecule has 0 heterocycles. The summed E-state index contributed by atoms with van der Waals surface area (Å²) in [5.74, 6) is -1.11. The molecule has 0 spiro atoms. The molecule has 3 heteroatoms. The van der Waals surface area contributed by atoms with E-state index in [1.54, 1.807) is 0 Å². The van der Waals surface area contributed by atoms with E-state index in [0.717, 1.165) is 12.8 Å². The quantitative estimate of drug-likeness (QED) is 0.530. The fourth-order valence-electron chi connectivity index (χ4n) is 1.22. The molecule has 0 aromatic carbocycles. The minimum absolute atomic E-state index is 0.0708. The number of carboxylic acids is 1. The summed E-state index contributed by atoms with van der Waals surface area (Å²) in [5.41, 5.74) is 0.268. The number of carboxylic acid groups (broad SMARTS) is 1. The molecule has 1 atom stereocenters. The second kappa shape index (κ2) is 11.1.